The van der Waals surface area contributed by atoms with Crippen LogP contribution in [0.3, 0.4) is 0 Å². The standard InChI is InChI=1S/C14H18N2O4/c1-19-9-11(8-17)15-14(18)13-7-12(16-20-13)10-5-3-2-4-6-10/h2-6,11,13,17H,7-9H2,1H3,(H,15,18). The van der Waals surface area contributed by atoms with E-state index >= 15 is 0 Å². The molecule has 1 aliphatic rings. The first-order valence-corrected chi connectivity index (χ1v) is 6.43. The molecule has 2 N–H and O–H groups in total. The number of benzene rings is 1. The number of carbonyl (C=O) groups excluding carboxylic acids is 1. The number of ether oxygens (including phenoxy) is 1. The Kier molecular flexibility index (Phi) is 5.09. The number of amides is 1. The number of rotatable bonds is 6. The summed E-state index contributed by atoms with van der Waals surface area (Å²) in [5.41, 5.74) is 1.69. The third kappa shape index (κ3) is 3.55. The maximum absolute atomic E-state index is 12.0. The van der Waals surface area contributed by atoms with Gasteiger partial charge in [0.15, 0.2) is 0 Å². The SMILES string of the molecule is COCC(CO)NC(=O)C1CC(c2ccccc2)=NO1. The van der Waals surface area contributed by atoms with Gasteiger partial charge in [0, 0.05) is 13.5 Å². The second-order valence-corrected chi connectivity index (χ2v) is 4.55. The molecule has 1 aromatic carbocycles. The van der Waals surface area contributed by atoms with Gasteiger partial charge in [0.1, 0.15) is 0 Å². The number of hydrogen-bond donors (Lipinski definition) is 2. The summed E-state index contributed by atoms with van der Waals surface area (Å²) in [6, 6.07) is 9.14. The van der Waals surface area contributed by atoms with E-state index in [2.05, 4.69) is 10.5 Å². The highest BCUT2D eigenvalue weighted by Gasteiger charge is 2.29. The van der Waals surface area contributed by atoms with Crippen LogP contribution in [0.4, 0.5) is 0 Å². The fourth-order valence-electron chi connectivity index (χ4n) is 1.95. The molecule has 1 amide bonds. The molecule has 0 aromatic heterocycles. The Morgan fingerprint density at radius 3 is 2.95 bits per heavy atom. The molecule has 0 spiro atoms. The molecule has 0 saturated heterocycles. The topological polar surface area (TPSA) is 80.2 Å². The number of carbonyl (C=O) groups is 1. The van der Waals surface area contributed by atoms with Crippen LogP contribution < -0.4 is 5.32 Å². The summed E-state index contributed by atoms with van der Waals surface area (Å²) in [4.78, 5) is 17.1. The summed E-state index contributed by atoms with van der Waals surface area (Å²) >= 11 is 0. The predicted molar refractivity (Wildman–Crippen MR) is 73.4 cm³/mol. The van der Waals surface area contributed by atoms with Gasteiger partial charge in [0.05, 0.1) is 25.0 Å². The Bertz CT molecular complexity index is 475. The molecule has 6 nitrogen and oxygen atoms in total. The van der Waals surface area contributed by atoms with Gasteiger partial charge in [0.25, 0.3) is 5.91 Å². The molecule has 1 heterocycles. The van der Waals surface area contributed by atoms with Crippen LogP contribution in [0.25, 0.3) is 0 Å². The third-order valence-corrected chi connectivity index (χ3v) is 3.00. The second-order valence-electron chi connectivity index (χ2n) is 4.55. The smallest absolute Gasteiger partial charge is 0.264 e. The van der Waals surface area contributed by atoms with Gasteiger partial charge in [0.2, 0.25) is 6.10 Å². The summed E-state index contributed by atoms with van der Waals surface area (Å²) in [5, 5.41) is 15.7. The minimum Gasteiger partial charge on any atom is -0.394 e. The number of nitrogens with one attached hydrogen (secondary N) is 1. The number of aliphatic hydroxyl groups is 1. The molecule has 2 atom stereocenters. The number of oxime groups is 1. The maximum Gasteiger partial charge on any atom is 0.264 e. The van der Waals surface area contributed by atoms with Gasteiger partial charge in [-0.2, -0.15) is 0 Å². The van der Waals surface area contributed by atoms with Crippen molar-refractivity contribution in [2.24, 2.45) is 5.16 Å². The van der Waals surface area contributed by atoms with E-state index in [0.29, 0.717) is 6.42 Å². The van der Waals surface area contributed by atoms with Crippen molar-refractivity contribution in [2.75, 3.05) is 20.3 Å². The molecule has 108 valence electrons. The minimum absolute atomic E-state index is 0.182. The second kappa shape index (κ2) is 7.02. The van der Waals surface area contributed by atoms with Crippen LogP contribution in [-0.2, 0) is 14.4 Å². The van der Waals surface area contributed by atoms with E-state index in [-0.39, 0.29) is 19.1 Å². The monoisotopic (exact) mass is 278 g/mol. The van der Waals surface area contributed by atoms with Gasteiger partial charge in [-0.15, -0.1) is 0 Å². The first-order valence-electron chi connectivity index (χ1n) is 6.43. The van der Waals surface area contributed by atoms with Gasteiger partial charge in [-0.3, -0.25) is 4.79 Å². The van der Waals surface area contributed by atoms with Gasteiger partial charge in [-0.1, -0.05) is 35.5 Å². The van der Waals surface area contributed by atoms with Crippen molar-refractivity contribution in [3.8, 4) is 0 Å². The lowest BCUT2D eigenvalue weighted by Crippen LogP contribution is -2.45. The highest BCUT2D eigenvalue weighted by molar-refractivity contribution is 6.04. The summed E-state index contributed by atoms with van der Waals surface area (Å²) in [6.07, 6.45) is -0.239. The minimum atomic E-state index is -0.656. The zero-order valence-corrected chi connectivity index (χ0v) is 11.3. The molecule has 20 heavy (non-hydrogen) atoms. The van der Waals surface area contributed by atoms with Gasteiger partial charge < -0.3 is 20.0 Å². The van der Waals surface area contributed by atoms with Crippen molar-refractivity contribution in [1.82, 2.24) is 5.32 Å². The third-order valence-electron chi connectivity index (χ3n) is 3.00. The molecular formula is C14H18N2O4. The van der Waals surface area contributed by atoms with E-state index in [9.17, 15) is 4.79 Å². The number of methoxy groups -OCH3 is 1. The van der Waals surface area contributed by atoms with Crippen LogP contribution >= 0.6 is 0 Å². The van der Waals surface area contributed by atoms with Gasteiger partial charge >= 0.3 is 0 Å². The average Bonchev–Trinajstić information content (AvgIpc) is 2.97. The molecule has 0 aliphatic carbocycles. The van der Waals surface area contributed by atoms with E-state index in [1.807, 2.05) is 30.3 Å². The first-order chi connectivity index (χ1) is 9.74. The summed E-state index contributed by atoms with van der Waals surface area (Å²) in [7, 11) is 1.51. The summed E-state index contributed by atoms with van der Waals surface area (Å²) in [5.74, 6) is -0.296. The molecule has 1 aromatic rings. The van der Waals surface area contributed by atoms with E-state index in [4.69, 9.17) is 14.7 Å². The first kappa shape index (κ1) is 14.5. The molecule has 0 bridgehead atoms. The van der Waals surface area contributed by atoms with E-state index in [0.717, 1.165) is 11.3 Å². The quantitative estimate of drug-likeness (QED) is 0.784. The van der Waals surface area contributed by atoms with Crippen molar-refractivity contribution >= 4 is 11.6 Å². The lowest BCUT2D eigenvalue weighted by Gasteiger charge is -2.17. The van der Waals surface area contributed by atoms with Gasteiger partial charge in [-0.25, -0.2) is 0 Å². The molecule has 2 unspecified atom stereocenters. The molecule has 0 saturated carbocycles. The summed E-state index contributed by atoms with van der Waals surface area (Å²) < 4.78 is 4.90. The molecule has 1 aliphatic heterocycles. The Balaban J connectivity index is 1.89. The van der Waals surface area contributed by atoms with E-state index in [1.54, 1.807) is 0 Å². The lowest BCUT2D eigenvalue weighted by molar-refractivity contribution is -0.132. The van der Waals surface area contributed by atoms with Crippen LogP contribution in [0, 0.1) is 0 Å². The Morgan fingerprint density at radius 2 is 2.30 bits per heavy atom. The van der Waals surface area contributed by atoms with Crippen LogP contribution in [0.1, 0.15) is 12.0 Å². The van der Waals surface area contributed by atoms with Crippen LogP contribution in [0.2, 0.25) is 0 Å². The van der Waals surface area contributed by atoms with Crippen LogP contribution in [0.5, 0.6) is 0 Å². The fraction of sp³-hybridized carbons (Fsp3) is 0.429. The molecule has 0 radical (unpaired) electrons. The van der Waals surface area contributed by atoms with E-state index < -0.39 is 12.1 Å². The number of aliphatic hydroxyl groups excluding tert-OH is 1. The number of hydrogen-bond acceptors (Lipinski definition) is 5. The largest absolute Gasteiger partial charge is 0.394 e. The molecule has 2 rings (SSSR count). The van der Waals surface area contributed by atoms with Crippen molar-refractivity contribution in [2.45, 2.75) is 18.6 Å². The Hall–Kier alpha value is -1.92. The normalized spacial score (nSPS) is 19.1. The molecule has 6 heteroatoms. The predicted octanol–water partition coefficient (Wildman–Crippen LogP) is 0.303. The van der Waals surface area contributed by atoms with Crippen molar-refractivity contribution in [3.05, 3.63) is 35.9 Å². The highest BCUT2D eigenvalue weighted by Crippen LogP contribution is 2.16. The average molecular weight is 278 g/mol. The molecule has 0 fully saturated rings. The van der Waals surface area contributed by atoms with Gasteiger partial charge in [-0.05, 0) is 5.56 Å². The fourth-order valence-corrected chi connectivity index (χ4v) is 1.95. The van der Waals surface area contributed by atoms with Crippen molar-refractivity contribution in [3.63, 3.8) is 0 Å². The zero-order chi connectivity index (χ0) is 14.4. The van der Waals surface area contributed by atoms with Crippen LogP contribution in [0.15, 0.2) is 35.5 Å². The Labute approximate surface area is 117 Å². The Morgan fingerprint density at radius 1 is 1.55 bits per heavy atom. The highest BCUT2D eigenvalue weighted by atomic mass is 16.6. The van der Waals surface area contributed by atoms with Crippen molar-refractivity contribution in [1.29, 1.82) is 0 Å². The maximum atomic E-state index is 12.0. The lowest BCUT2D eigenvalue weighted by atomic mass is 10.0. The van der Waals surface area contributed by atoms with Crippen molar-refractivity contribution < 1.29 is 19.5 Å². The molecular weight excluding hydrogens is 260 g/mol. The van der Waals surface area contributed by atoms with E-state index in [1.165, 1.54) is 7.11 Å². The summed E-state index contributed by atoms with van der Waals surface area (Å²) in [6.45, 7) is 0.0695. The zero-order valence-electron chi connectivity index (χ0n) is 11.3. The van der Waals surface area contributed by atoms with Crippen LogP contribution in [-0.4, -0.2) is 49.2 Å². The number of nitrogens with zero attached hydrogens (tertiary/aromatic N) is 1.